The Bertz CT molecular complexity index is 478. The molecule has 2 aliphatic carbocycles. The molecule has 0 spiro atoms. The van der Waals surface area contributed by atoms with Gasteiger partial charge in [-0.1, -0.05) is 0 Å². The molecule has 0 radical (unpaired) electrons. The molecule has 1 aliphatic heterocycles. The van der Waals surface area contributed by atoms with E-state index in [1.807, 2.05) is 23.1 Å². The quantitative estimate of drug-likeness (QED) is 0.807. The first-order chi connectivity index (χ1) is 10.3. The van der Waals surface area contributed by atoms with Gasteiger partial charge in [0.05, 0.1) is 12.6 Å². The van der Waals surface area contributed by atoms with Gasteiger partial charge in [-0.25, -0.2) is 0 Å². The van der Waals surface area contributed by atoms with Crippen LogP contribution in [0.1, 0.15) is 44.9 Å². The van der Waals surface area contributed by atoms with Crippen LogP contribution in [0.3, 0.4) is 0 Å². The molecule has 1 aromatic rings. The van der Waals surface area contributed by atoms with Crippen molar-refractivity contribution < 1.29 is 4.79 Å². The van der Waals surface area contributed by atoms with Gasteiger partial charge in [0.2, 0.25) is 5.91 Å². The Morgan fingerprint density at radius 2 is 1.95 bits per heavy atom. The van der Waals surface area contributed by atoms with E-state index in [-0.39, 0.29) is 0 Å². The number of hydrogen-bond acceptors (Lipinski definition) is 2. The van der Waals surface area contributed by atoms with E-state index in [0.717, 1.165) is 44.2 Å². The first-order valence-electron chi connectivity index (χ1n) is 8.58. The van der Waals surface area contributed by atoms with Gasteiger partial charge >= 0.3 is 0 Å². The first kappa shape index (κ1) is 13.4. The Labute approximate surface area is 126 Å². The topological polar surface area (TPSA) is 38.1 Å². The highest BCUT2D eigenvalue weighted by atomic mass is 16.2. The van der Waals surface area contributed by atoms with Crippen molar-refractivity contribution in [1.82, 2.24) is 14.7 Å². The number of nitrogens with zero attached hydrogens (tertiary/aromatic N) is 3. The average Bonchev–Trinajstić information content (AvgIpc) is 3.40. The maximum atomic E-state index is 12.8. The molecule has 0 unspecified atom stereocenters. The zero-order chi connectivity index (χ0) is 14.2. The van der Waals surface area contributed by atoms with Crippen molar-refractivity contribution in [2.24, 2.45) is 17.8 Å². The Hall–Kier alpha value is -1.32. The normalized spacial score (nSPS) is 25.8. The number of carbonyl (C=O) groups excluding carboxylic acids is 1. The summed E-state index contributed by atoms with van der Waals surface area (Å²) in [5.74, 6) is 2.85. The second-order valence-electron chi connectivity index (χ2n) is 7.15. The number of likely N-dealkylation sites (tertiary alicyclic amines) is 1. The van der Waals surface area contributed by atoms with Crippen LogP contribution in [-0.2, 0) is 11.3 Å². The minimum absolute atomic E-state index is 0.358. The second kappa shape index (κ2) is 5.47. The predicted octanol–water partition coefficient (Wildman–Crippen LogP) is 2.70. The number of amides is 1. The minimum atomic E-state index is 0.358. The lowest BCUT2D eigenvalue weighted by Gasteiger charge is -2.27. The molecule has 0 N–H and O–H groups in total. The molecule has 1 amide bonds. The summed E-state index contributed by atoms with van der Waals surface area (Å²) in [4.78, 5) is 14.9. The van der Waals surface area contributed by atoms with Crippen LogP contribution < -0.4 is 0 Å². The standard InChI is InChI=1S/C17H25N3O/c21-17(11-16(13-4-5-13)14-6-7-14)20-10-1-3-15(20)12-19-9-2-8-18-19/h2,8-9,13-16H,1,3-7,10-12H2/t15-/m0/s1. The van der Waals surface area contributed by atoms with Crippen molar-refractivity contribution in [3.8, 4) is 0 Å². The predicted molar refractivity (Wildman–Crippen MR) is 80.5 cm³/mol. The molecule has 3 fully saturated rings. The van der Waals surface area contributed by atoms with Crippen molar-refractivity contribution in [2.75, 3.05) is 6.54 Å². The van der Waals surface area contributed by atoms with Crippen molar-refractivity contribution in [3.05, 3.63) is 18.5 Å². The van der Waals surface area contributed by atoms with Gasteiger partial charge in [0.25, 0.3) is 0 Å². The highest BCUT2D eigenvalue weighted by molar-refractivity contribution is 5.77. The summed E-state index contributed by atoms with van der Waals surface area (Å²) in [5, 5.41) is 4.29. The van der Waals surface area contributed by atoms with E-state index in [4.69, 9.17) is 0 Å². The van der Waals surface area contributed by atoms with E-state index >= 15 is 0 Å². The molecule has 3 aliphatic rings. The van der Waals surface area contributed by atoms with Gasteiger partial charge in [-0.3, -0.25) is 9.48 Å². The smallest absolute Gasteiger partial charge is 0.223 e. The summed E-state index contributed by atoms with van der Waals surface area (Å²) in [6.07, 6.45) is 12.4. The van der Waals surface area contributed by atoms with Crippen LogP contribution in [0, 0.1) is 17.8 Å². The third-order valence-electron chi connectivity index (χ3n) is 5.52. The molecule has 4 heteroatoms. The molecule has 21 heavy (non-hydrogen) atoms. The lowest BCUT2D eigenvalue weighted by atomic mass is 9.93. The van der Waals surface area contributed by atoms with Crippen molar-refractivity contribution in [1.29, 1.82) is 0 Å². The van der Waals surface area contributed by atoms with Crippen LogP contribution in [0.2, 0.25) is 0 Å². The van der Waals surface area contributed by atoms with Crippen LogP contribution in [-0.4, -0.2) is 33.2 Å². The first-order valence-corrected chi connectivity index (χ1v) is 8.58. The third-order valence-corrected chi connectivity index (χ3v) is 5.52. The molecule has 1 saturated heterocycles. The minimum Gasteiger partial charge on any atom is -0.338 e. The summed E-state index contributed by atoms with van der Waals surface area (Å²) in [5.41, 5.74) is 0. The Morgan fingerprint density at radius 3 is 2.57 bits per heavy atom. The van der Waals surface area contributed by atoms with Gasteiger partial charge < -0.3 is 4.90 Å². The molecule has 2 heterocycles. The molecular formula is C17H25N3O. The van der Waals surface area contributed by atoms with Crippen molar-refractivity contribution >= 4 is 5.91 Å². The van der Waals surface area contributed by atoms with Crippen molar-refractivity contribution in [2.45, 2.75) is 57.5 Å². The lowest BCUT2D eigenvalue weighted by molar-refractivity contribution is -0.133. The van der Waals surface area contributed by atoms with E-state index in [9.17, 15) is 4.79 Å². The fourth-order valence-corrected chi connectivity index (χ4v) is 4.06. The number of rotatable bonds is 6. The van der Waals surface area contributed by atoms with Gasteiger partial charge in [-0.15, -0.1) is 0 Å². The molecule has 0 bridgehead atoms. The van der Waals surface area contributed by atoms with Crippen LogP contribution in [0.4, 0.5) is 0 Å². The zero-order valence-electron chi connectivity index (χ0n) is 12.7. The maximum Gasteiger partial charge on any atom is 0.223 e. The zero-order valence-corrected chi connectivity index (χ0v) is 12.7. The molecular weight excluding hydrogens is 262 g/mol. The van der Waals surface area contributed by atoms with E-state index in [1.165, 1.54) is 25.7 Å². The lowest BCUT2D eigenvalue weighted by Crippen LogP contribution is -2.39. The molecule has 4 nitrogen and oxygen atoms in total. The van der Waals surface area contributed by atoms with Crippen LogP contribution in [0.5, 0.6) is 0 Å². The van der Waals surface area contributed by atoms with Gasteiger partial charge in [-0.2, -0.15) is 5.10 Å². The van der Waals surface area contributed by atoms with Crippen LogP contribution in [0.25, 0.3) is 0 Å². The number of carbonyl (C=O) groups is 1. The van der Waals surface area contributed by atoms with E-state index in [2.05, 4.69) is 10.00 Å². The SMILES string of the molecule is O=C(CC(C1CC1)C1CC1)N1CCC[C@H]1Cn1cccn1. The molecule has 1 aromatic heterocycles. The highest BCUT2D eigenvalue weighted by Crippen LogP contribution is 2.51. The monoisotopic (exact) mass is 287 g/mol. The maximum absolute atomic E-state index is 12.8. The third kappa shape index (κ3) is 2.99. The summed E-state index contributed by atoms with van der Waals surface area (Å²) in [7, 11) is 0. The van der Waals surface area contributed by atoms with Gasteiger partial charge in [-0.05, 0) is 62.3 Å². The number of hydrogen-bond donors (Lipinski definition) is 0. The Kier molecular flexibility index (Phi) is 3.48. The average molecular weight is 287 g/mol. The fourth-order valence-electron chi connectivity index (χ4n) is 4.06. The number of aromatic nitrogens is 2. The van der Waals surface area contributed by atoms with Gasteiger partial charge in [0.15, 0.2) is 0 Å². The van der Waals surface area contributed by atoms with Crippen LogP contribution >= 0.6 is 0 Å². The molecule has 1 atom stereocenters. The molecule has 0 aromatic carbocycles. The molecule has 114 valence electrons. The highest BCUT2D eigenvalue weighted by Gasteiger charge is 2.43. The van der Waals surface area contributed by atoms with E-state index in [1.54, 1.807) is 0 Å². The largest absolute Gasteiger partial charge is 0.338 e. The second-order valence-corrected chi connectivity index (χ2v) is 7.15. The van der Waals surface area contributed by atoms with E-state index in [0.29, 0.717) is 17.9 Å². The van der Waals surface area contributed by atoms with Gasteiger partial charge in [0, 0.05) is 25.4 Å². The summed E-state index contributed by atoms with van der Waals surface area (Å²) >= 11 is 0. The summed E-state index contributed by atoms with van der Waals surface area (Å²) < 4.78 is 1.97. The molecule has 2 saturated carbocycles. The van der Waals surface area contributed by atoms with Gasteiger partial charge in [0.1, 0.15) is 0 Å². The molecule has 4 rings (SSSR count). The summed E-state index contributed by atoms with van der Waals surface area (Å²) in [6, 6.07) is 2.31. The van der Waals surface area contributed by atoms with Crippen molar-refractivity contribution in [3.63, 3.8) is 0 Å². The summed E-state index contributed by atoms with van der Waals surface area (Å²) in [6.45, 7) is 1.81. The Morgan fingerprint density at radius 1 is 1.19 bits per heavy atom. The Balaban J connectivity index is 1.38. The van der Waals surface area contributed by atoms with Crippen LogP contribution in [0.15, 0.2) is 18.5 Å². The van der Waals surface area contributed by atoms with E-state index < -0.39 is 0 Å². The fraction of sp³-hybridized carbons (Fsp3) is 0.765.